The predicted octanol–water partition coefficient (Wildman–Crippen LogP) is 4.03. The van der Waals surface area contributed by atoms with E-state index in [4.69, 9.17) is 14.2 Å². The van der Waals surface area contributed by atoms with Crippen LogP contribution >= 0.6 is 0 Å². The topological polar surface area (TPSA) is 94.2 Å². The Balaban J connectivity index is 1.34. The Hall–Kier alpha value is -3.55. The van der Waals surface area contributed by atoms with Gasteiger partial charge in [0.25, 0.3) is 0 Å². The van der Waals surface area contributed by atoms with Crippen LogP contribution in [0.2, 0.25) is 0 Å². The van der Waals surface area contributed by atoms with E-state index in [1.54, 1.807) is 0 Å². The van der Waals surface area contributed by atoms with Gasteiger partial charge in [-0.2, -0.15) is 0 Å². The summed E-state index contributed by atoms with van der Waals surface area (Å²) in [6.45, 7) is 0.330. The first-order valence-electron chi connectivity index (χ1n) is 11.6. The molecule has 4 rings (SSSR count). The van der Waals surface area contributed by atoms with Crippen LogP contribution in [0, 0.1) is 5.92 Å². The van der Waals surface area contributed by atoms with Crippen LogP contribution < -0.4 is 5.32 Å². The van der Waals surface area contributed by atoms with Gasteiger partial charge in [0.05, 0.1) is 7.11 Å². The molecule has 2 aromatic rings. The number of rotatable bonds is 7. The molecule has 2 aliphatic rings. The van der Waals surface area contributed by atoms with E-state index >= 15 is 0 Å². The van der Waals surface area contributed by atoms with Crippen LogP contribution in [0.5, 0.6) is 0 Å². The number of methoxy groups -OCH3 is 1. The van der Waals surface area contributed by atoms with Crippen molar-refractivity contribution in [3.63, 3.8) is 0 Å². The van der Waals surface area contributed by atoms with E-state index in [0.717, 1.165) is 24.0 Å². The number of alkyl carbamates (subject to hydrolysis) is 1. The molecule has 3 atom stereocenters. The predicted molar refractivity (Wildman–Crippen MR) is 124 cm³/mol. The molecule has 1 N–H and O–H groups in total. The smallest absolute Gasteiger partial charge is 0.410 e. The van der Waals surface area contributed by atoms with Crippen LogP contribution in [0.15, 0.2) is 60.7 Å². The lowest BCUT2D eigenvalue weighted by molar-refractivity contribution is -0.145. The van der Waals surface area contributed by atoms with Crippen molar-refractivity contribution >= 4 is 18.2 Å². The highest BCUT2D eigenvalue weighted by Crippen LogP contribution is 2.40. The quantitative estimate of drug-likeness (QED) is 0.489. The SMILES string of the molecule is COC(=O)[C@@H](NC(=O)OCc1ccccc1)C1CC2CCC(C1)N2C(=O)OCc1ccccc1. The second-order valence-corrected chi connectivity index (χ2v) is 8.77. The number of carbonyl (C=O) groups excluding carboxylic acids is 3. The molecule has 2 amide bonds. The molecule has 0 saturated carbocycles. The average Bonchev–Trinajstić information content (AvgIpc) is 3.14. The highest BCUT2D eigenvalue weighted by Gasteiger charge is 2.47. The van der Waals surface area contributed by atoms with Crippen molar-refractivity contribution in [2.45, 2.75) is 57.0 Å². The van der Waals surface area contributed by atoms with Gasteiger partial charge < -0.3 is 24.4 Å². The summed E-state index contributed by atoms with van der Waals surface area (Å²) in [5, 5.41) is 2.70. The van der Waals surface area contributed by atoms with Gasteiger partial charge in [-0.05, 0) is 42.7 Å². The average molecular weight is 467 g/mol. The normalized spacial score (nSPS) is 21.9. The van der Waals surface area contributed by atoms with Gasteiger partial charge in [0.15, 0.2) is 0 Å². The summed E-state index contributed by atoms with van der Waals surface area (Å²) in [7, 11) is 1.30. The third kappa shape index (κ3) is 5.68. The molecular weight excluding hydrogens is 436 g/mol. The van der Waals surface area contributed by atoms with Crippen LogP contribution in [0.25, 0.3) is 0 Å². The number of nitrogens with one attached hydrogen (secondary N) is 1. The number of nitrogens with zero attached hydrogens (tertiary/aromatic N) is 1. The first-order chi connectivity index (χ1) is 16.5. The summed E-state index contributed by atoms with van der Waals surface area (Å²) in [5.74, 6) is -0.673. The molecule has 0 radical (unpaired) electrons. The lowest BCUT2D eigenvalue weighted by Crippen LogP contribution is -2.54. The Labute approximate surface area is 199 Å². The van der Waals surface area contributed by atoms with Gasteiger partial charge in [0.1, 0.15) is 19.3 Å². The fourth-order valence-electron chi connectivity index (χ4n) is 4.97. The minimum atomic E-state index is -0.834. The fourth-order valence-corrected chi connectivity index (χ4v) is 4.97. The van der Waals surface area contributed by atoms with E-state index in [-0.39, 0.29) is 37.3 Å². The Bertz CT molecular complexity index is 969. The van der Waals surface area contributed by atoms with Gasteiger partial charge in [-0.25, -0.2) is 14.4 Å². The molecule has 8 nitrogen and oxygen atoms in total. The minimum absolute atomic E-state index is 0.0404. The van der Waals surface area contributed by atoms with Gasteiger partial charge in [-0.1, -0.05) is 60.7 Å². The molecule has 2 bridgehead atoms. The van der Waals surface area contributed by atoms with Crippen molar-refractivity contribution in [3.05, 3.63) is 71.8 Å². The molecule has 0 spiro atoms. The molecule has 0 aliphatic carbocycles. The third-order valence-corrected chi connectivity index (χ3v) is 6.60. The molecular formula is C26H30N2O6. The molecule has 34 heavy (non-hydrogen) atoms. The fraction of sp³-hybridized carbons (Fsp3) is 0.423. The van der Waals surface area contributed by atoms with Crippen LogP contribution in [-0.2, 0) is 32.2 Å². The second kappa shape index (κ2) is 11.0. The van der Waals surface area contributed by atoms with Crippen molar-refractivity contribution in [3.8, 4) is 0 Å². The van der Waals surface area contributed by atoms with Crippen molar-refractivity contribution in [1.82, 2.24) is 10.2 Å². The monoisotopic (exact) mass is 466 g/mol. The summed E-state index contributed by atoms with van der Waals surface area (Å²) < 4.78 is 15.8. The van der Waals surface area contributed by atoms with Crippen molar-refractivity contribution < 1.29 is 28.6 Å². The zero-order valence-electron chi connectivity index (χ0n) is 19.2. The molecule has 2 heterocycles. The highest BCUT2D eigenvalue weighted by atomic mass is 16.6. The zero-order valence-corrected chi connectivity index (χ0v) is 19.2. The second-order valence-electron chi connectivity index (χ2n) is 8.77. The third-order valence-electron chi connectivity index (χ3n) is 6.60. The Morgan fingerprint density at radius 1 is 0.882 bits per heavy atom. The first-order valence-corrected chi connectivity index (χ1v) is 11.6. The Kier molecular flexibility index (Phi) is 7.67. The van der Waals surface area contributed by atoms with E-state index < -0.39 is 18.1 Å². The summed E-state index contributed by atoms with van der Waals surface area (Å²) in [6.07, 6.45) is 1.84. The van der Waals surface area contributed by atoms with E-state index in [0.29, 0.717) is 12.8 Å². The number of ether oxygens (including phenoxy) is 3. The molecule has 2 saturated heterocycles. The summed E-state index contributed by atoms with van der Waals surface area (Å²) in [4.78, 5) is 39.6. The Morgan fingerprint density at radius 3 is 1.94 bits per heavy atom. The van der Waals surface area contributed by atoms with E-state index in [1.165, 1.54) is 7.11 Å². The first kappa shape index (κ1) is 23.6. The molecule has 2 fully saturated rings. The van der Waals surface area contributed by atoms with Gasteiger partial charge in [-0.3, -0.25) is 0 Å². The molecule has 180 valence electrons. The number of hydrogen-bond acceptors (Lipinski definition) is 6. The Morgan fingerprint density at radius 2 is 1.41 bits per heavy atom. The minimum Gasteiger partial charge on any atom is -0.467 e. The summed E-state index contributed by atoms with van der Waals surface area (Å²) in [6, 6.07) is 18.0. The number of esters is 1. The highest BCUT2D eigenvalue weighted by molar-refractivity contribution is 5.81. The van der Waals surface area contributed by atoms with Crippen molar-refractivity contribution in [2.24, 2.45) is 5.92 Å². The molecule has 2 aliphatic heterocycles. The van der Waals surface area contributed by atoms with E-state index in [2.05, 4.69) is 5.32 Å². The maximum Gasteiger partial charge on any atom is 0.410 e. The summed E-state index contributed by atoms with van der Waals surface area (Å²) >= 11 is 0. The van der Waals surface area contributed by atoms with Crippen molar-refractivity contribution in [1.29, 1.82) is 0 Å². The largest absolute Gasteiger partial charge is 0.467 e. The number of fused-ring (bicyclic) bond motifs is 2. The zero-order chi connectivity index (χ0) is 23.9. The maximum atomic E-state index is 12.8. The maximum absolute atomic E-state index is 12.8. The van der Waals surface area contributed by atoms with E-state index in [9.17, 15) is 14.4 Å². The number of piperidine rings is 1. The number of benzene rings is 2. The lowest BCUT2D eigenvalue weighted by Gasteiger charge is -2.40. The lowest BCUT2D eigenvalue weighted by atomic mass is 9.85. The van der Waals surface area contributed by atoms with Crippen LogP contribution in [-0.4, -0.2) is 48.3 Å². The van der Waals surface area contributed by atoms with E-state index in [1.807, 2.05) is 65.6 Å². The summed E-state index contributed by atoms with van der Waals surface area (Å²) in [5.41, 5.74) is 1.79. The van der Waals surface area contributed by atoms with Crippen molar-refractivity contribution in [2.75, 3.05) is 7.11 Å². The molecule has 2 aromatic carbocycles. The van der Waals surface area contributed by atoms with Crippen LogP contribution in [0.1, 0.15) is 36.8 Å². The van der Waals surface area contributed by atoms with Gasteiger partial charge >= 0.3 is 18.2 Å². The van der Waals surface area contributed by atoms with Gasteiger partial charge in [0.2, 0.25) is 0 Å². The number of amides is 2. The molecule has 0 aromatic heterocycles. The molecule has 2 unspecified atom stereocenters. The molecule has 8 heteroatoms. The van der Waals surface area contributed by atoms with Crippen LogP contribution in [0.3, 0.4) is 0 Å². The van der Waals surface area contributed by atoms with Gasteiger partial charge in [0, 0.05) is 12.1 Å². The number of carbonyl (C=O) groups is 3. The standard InChI is InChI=1S/C26H30N2O6/c1-32-24(29)23(27-25(30)33-16-18-8-4-2-5-9-18)20-14-21-12-13-22(15-20)28(21)26(31)34-17-19-10-6-3-7-11-19/h2-11,20-23H,12-17H2,1H3,(H,27,30)/t20?,21?,22?,23-/m0/s1. The van der Waals surface area contributed by atoms with Crippen LogP contribution in [0.4, 0.5) is 9.59 Å². The number of hydrogen-bond donors (Lipinski definition) is 1. The van der Waals surface area contributed by atoms with Gasteiger partial charge in [-0.15, -0.1) is 0 Å².